The summed E-state index contributed by atoms with van der Waals surface area (Å²) in [4.78, 5) is 27.3. The molecule has 0 aromatic carbocycles. The van der Waals surface area contributed by atoms with E-state index in [9.17, 15) is 9.59 Å². The number of nitrogens with zero attached hydrogens (tertiary/aromatic N) is 1. The summed E-state index contributed by atoms with van der Waals surface area (Å²) in [7, 11) is 0. The molecular formula is C14H15BrN2O3. The van der Waals surface area contributed by atoms with Gasteiger partial charge in [-0.25, -0.2) is 4.79 Å². The van der Waals surface area contributed by atoms with Gasteiger partial charge in [0.25, 0.3) is 5.56 Å². The van der Waals surface area contributed by atoms with Gasteiger partial charge in [-0.2, -0.15) is 0 Å². The zero-order chi connectivity index (χ0) is 14.9. The molecule has 0 saturated heterocycles. The maximum atomic E-state index is 12.3. The summed E-state index contributed by atoms with van der Waals surface area (Å²) >= 11 is 3.41. The molecule has 0 aliphatic carbocycles. The molecular weight excluding hydrogens is 324 g/mol. The SMILES string of the molecule is C=CCn1cc(Br)c2c(C(=O)OCC)c(C)[nH]c2c1=O. The molecule has 0 unspecified atom stereocenters. The van der Waals surface area contributed by atoms with Crippen LogP contribution >= 0.6 is 15.9 Å². The third-order valence-corrected chi connectivity index (χ3v) is 3.58. The molecule has 0 saturated carbocycles. The summed E-state index contributed by atoms with van der Waals surface area (Å²) in [6.45, 7) is 7.80. The molecule has 0 aliphatic heterocycles. The molecule has 106 valence electrons. The number of hydrogen-bond donors (Lipinski definition) is 1. The van der Waals surface area contributed by atoms with E-state index in [-0.39, 0.29) is 12.2 Å². The van der Waals surface area contributed by atoms with Crippen LogP contribution in [0.25, 0.3) is 10.9 Å². The number of hydrogen-bond acceptors (Lipinski definition) is 3. The average molecular weight is 339 g/mol. The van der Waals surface area contributed by atoms with Crippen LogP contribution in [0.15, 0.2) is 28.1 Å². The molecule has 0 bridgehead atoms. The van der Waals surface area contributed by atoms with Gasteiger partial charge >= 0.3 is 5.97 Å². The van der Waals surface area contributed by atoms with E-state index in [1.54, 1.807) is 26.1 Å². The summed E-state index contributed by atoms with van der Waals surface area (Å²) in [6.07, 6.45) is 3.30. The number of halogens is 1. The first-order chi connectivity index (χ1) is 9.51. The highest BCUT2D eigenvalue weighted by Crippen LogP contribution is 2.28. The van der Waals surface area contributed by atoms with Crippen LogP contribution in [0.1, 0.15) is 23.0 Å². The first kappa shape index (κ1) is 14.6. The summed E-state index contributed by atoms with van der Waals surface area (Å²) in [5.74, 6) is -0.433. The van der Waals surface area contributed by atoms with E-state index >= 15 is 0 Å². The number of aromatic amines is 1. The minimum atomic E-state index is -0.433. The van der Waals surface area contributed by atoms with E-state index in [1.807, 2.05) is 0 Å². The normalized spacial score (nSPS) is 10.8. The highest BCUT2D eigenvalue weighted by Gasteiger charge is 2.21. The lowest BCUT2D eigenvalue weighted by atomic mass is 10.1. The van der Waals surface area contributed by atoms with Crippen molar-refractivity contribution in [2.45, 2.75) is 20.4 Å². The van der Waals surface area contributed by atoms with Crippen molar-refractivity contribution in [2.24, 2.45) is 0 Å². The Morgan fingerprint density at radius 2 is 2.30 bits per heavy atom. The number of allylic oxidation sites excluding steroid dienone is 1. The van der Waals surface area contributed by atoms with Crippen molar-refractivity contribution < 1.29 is 9.53 Å². The Morgan fingerprint density at radius 3 is 2.90 bits per heavy atom. The number of H-pyrrole nitrogens is 1. The van der Waals surface area contributed by atoms with E-state index in [4.69, 9.17) is 4.74 Å². The zero-order valence-corrected chi connectivity index (χ0v) is 12.9. The lowest BCUT2D eigenvalue weighted by molar-refractivity contribution is 0.0528. The number of carbonyl (C=O) groups excluding carboxylic acids is 1. The highest BCUT2D eigenvalue weighted by molar-refractivity contribution is 9.10. The number of ether oxygens (including phenoxy) is 1. The molecule has 2 heterocycles. The highest BCUT2D eigenvalue weighted by atomic mass is 79.9. The predicted octanol–water partition coefficient (Wildman–Crippen LogP) is 2.76. The fourth-order valence-corrected chi connectivity index (χ4v) is 2.80. The van der Waals surface area contributed by atoms with Crippen LogP contribution in [0, 0.1) is 6.92 Å². The van der Waals surface area contributed by atoms with Crippen LogP contribution < -0.4 is 5.56 Å². The molecule has 6 heteroatoms. The topological polar surface area (TPSA) is 64.1 Å². The lowest BCUT2D eigenvalue weighted by Gasteiger charge is -2.06. The Kier molecular flexibility index (Phi) is 4.13. The number of rotatable bonds is 4. The van der Waals surface area contributed by atoms with Gasteiger partial charge in [-0.3, -0.25) is 4.79 Å². The monoisotopic (exact) mass is 338 g/mol. The number of pyridine rings is 1. The maximum absolute atomic E-state index is 12.3. The largest absolute Gasteiger partial charge is 0.462 e. The van der Waals surface area contributed by atoms with Gasteiger partial charge in [0.2, 0.25) is 0 Å². The van der Waals surface area contributed by atoms with E-state index < -0.39 is 5.97 Å². The van der Waals surface area contributed by atoms with Gasteiger partial charge < -0.3 is 14.3 Å². The Bertz CT molecular complexity index is 743. The van der Waals surface area contributed by atoms with Gasteiger partial charge in [0.15, 0.2) is 0 Å². The molecule has 2 aromatic heterocycles. The molecule has 0 fully saturated rings. The minimum Gasteiger partial charge on any atom is -0.462 e. The minimum absolute atomic E-state index is 0.193. The van der Waals surface area contributed by atoms with Gasteiger partial charge in [-0.15, -0.1) is 6.58 Å². The number of aromatic nitrogens is 2. The van der Waals surface area contributed by atoms with E-state index in [1.165, 1.54) is 4.57 Å². The number of nitrogens with one attached hydrogen (secondary N) is 1. The van der Waals surface area contributed by atoms with E-state index in [0.717, 1.165) is 0 Å². The molecule has 2 rings (SSSR count). The van der Waals surface area contributed by atoms with Crippen LogP contribution in [-0.4, -0.2) is 22.1 Å². The van der Waals surface area contributed by atoms with Crippen molar-refractivity contribution in [3.8, 4) is 0 Å². The summed E-state index contributed by atoms with van der Waals surface area (Å²) in [5.41, 5.74) is 1.22. The molecule has 0 radical (unpaired) electrons. The number of fused-ring (bicyclic) bond motifs is 1. The third kappa shape index (κ3) is 2.31. The molecule has 1 N–H and O–H groups in total. The second kappa shape index (κ2) is 5.66. The molecule has 0 aliphatic rings. The van der Waals surface area contributed by atoms with Crippen LogP contribution in [0.3, 0.4) is 0 Å². The van der Waals surface area contributed by atoms with Gasteiger partial charge in [-0.1, -0.05) is 6.08 Å². The van der Waals surface area contributed by atoms with Crippen molar-refractivity contribution in [3.63, 3.8) is 0 Å². The maximum Gasteiger partial charge on any atom is 0.340 e. The van der Waals surface area contributed by atoms with Gasteiger partial charge in [0.05, 0.1) is 12.2 Å². The molecule has 0 atom stereocenters. The number of carbonyl (C=O) groups is 1. The van der Waals surface area contributed by atoms with Crippen LogP contribution in [-0.2, 0) is 11.3 Å². The Balaban J connectivity index is 2.77. The van der Waals surface area contributed by atoms with E-state index in [0.29, 0.717) is 33.2 Å². The number of esters is 1. The van der Waals surface area contributed by atoms with Crippen molar-refractivity contribution in [1.82, 2.24) is 9.55 Å². The standard InChI is InChI=1S/C14H15BrN2O3/c1-4-6-17-7-9(15)11-10(14(19)20-5-2)8(3)16-12(11)13(17)18/h4,7,16H,1,5-6H2,2-3H3. The Hall–Kier alpha value is -1.82. The van der Waals surface area contributed by atoms with E-state index in [2.05, 4.69) is 27.5 Å². The molecule has 0 amide bonds. The average Bonchev–Trinajstić information content (AvgIpc) is 2.74. The van der Waals surface area contributed by atoms with Crippen LogP contribution in [0.2, 0.25) is 0 Å². The number of aryl methyl sites for hydroxylation is 1. The van der Waals surface area contributed by atoms with Crippen LogP contribution in [0.4, 0.5) is 0 Å². The second-order valence-corrected chi connectivity index (χ2v) is 5.17. The second-order valence-electron chi connectivity index (χ2n) is 4.32. The molecule has 2 aromatic rings. The molecule has 0 spiro atoms. The first-order valence-corrected chi connectivity index (χ1v) is 6.99. The quantitative estimate of drug-likeness (QED) is 0.688. The van der Waals surface area contributed by atoms with Crippen molar-refractivity contribution >= 4 is 32.8 Å². The molecule has 5 nitrogen and oxygen atoms in total. The summed E-state index contributed by atoms with van der Waals surface area (Å²) in [5, 5.41) is 0.561. The van der Waals surface area contributed by atoms with Crippen LogP contribution in [0.5, 0.6) is 0 Å². The Morgan fingerprint density at radius 1 is 1.60 bits per heavy atom. The zero-order valence-electron chi connectivity index (χ0n) is 11.3. The van der Waals surface area contributed by atoms with Gasteiger partial charge in [0, 0.05) is 28.3 Å². The van der Waals surface area contributed by atoms with Crippen molar-refractivity contribution in [1.29, 1.82) is 0 Å². The fraction of sp³-hybridized carbons (Fsp3) is 0.286. The molecule has 20 heavy (non-hydrogen) atoms. The lowest BCUT2D eigenvalue weighted by Crippen LogP contribution is -2.19. The van der Waals surface area contributed by atoms with Crippen molar-refractivity contribution in [3.05, 3.63) is 44.9 Å². The van der Waals surface area contributed by atoms with Crippen molar-refractivity contribution in [2.75, 3.05) is 6.61 Å². The summed E-state index contributed by atoms with van der Waals surface area (Å²) < 4.78 is 7.23. The van der Waals surface area contributed by atoms with Gasteiger partial charge in [0.1, 0.15) is 5.52 Å². The smallest absolute Gasteiger partial charge is 0.340 e. The predicted molar refractivity (Wildman–Crippen MR) is 81.1 cm³/mol. The Labute approximate surface area is 124 Å². The third-order valence-electron chi connectivity index (χ3n) is 2.98. The summed E-state index contributed by atoms with van der Waals surface area (Å²) in [6, 6.07) is 0. The first-order valence-electron chi connectivity index (χ1n) is 6.20. The fourth-order valence-electron chi connectivity index (χ4n) is 2.16. The van der Waals surface area contributed by atoms with Gasteiger partial charge in [-0.05, 0) is 29.8 Å².